The van der Waals surface area contributed by atoms with Crippen molar-refractivity contribution in [3.05, 3.63) is 158 Å². The van der Waals surface area contributed by atoms with E-state index >= 15 is 0 Å². The third-order valence-corrected chi connectivity index (χ3v) is 9.96. The van der Waals surface area contributed by atoms with E-state index in [1.54, 1.807) is 0 Å². The molecule has 0 bridgehead atoms. The number of rotatable bonds is 4. The highest BCUT2D eigenvalue weighted by atomic mass is 16.3. The van der Waals surface area contributed by atoms with Crippen LogP contribution in [0.2, 0.25) is 0 Å². The molecule has 0 radical (unpaired) electrons. The maximum Gasteiger partial charge on any atom is 0.164 e. The molecule has 6 heteroatoms. The molecule has 7 aromatic carbocycles. The van der Waals surface area contributed by atoms with Crippen LogP contribution in [0.25, 0.3) is 111 Å². The minimum atomic E-state index is 0.553. The van der Waals surface area contributed by atoms with Gasteiger partial charge in [-0.25, -0.2) is 15.0 Å². The highest BCUT2D eigenvalue weighted by molar-refractivity contribution is 6.18. The van der Waals surface area contributed by atoms with Gasteiger partial charge in [-0.05, 0) is 58.8 Å². The van der Waals surface area contributed by atoms with Crippen LogP contribution in [0.3, 0.4) is 0 Å². The van der Waals surface area contributed by atoms with Crippen LogP contribution < -0.4 is 0 Å². The van der Waals surface area contributed by atoms with E-state index in [1.807, 2.05) is 79.0 Å². The molecule has 52 heavy (non-hydrogen) atoms. The number of nitrogens with zero attached hydrogens (tertiary/aromatic N) is 4. The minimum Gasteiger partial charge on any atom is -0.456 e. The van der Waals surface area contributed by atoms with Crippen molar-refractivity contribution in [3.8, 4) is 45.3 Å². The summed E-state index contributed by atoms with van der Waals surface area (Å²) >= 11 is 0. The Bertz CT molecular complexity index is 3200. The van der Waals surface area contributed by atoms with Crippen LogP contribution in [-0.2, 0) is 0 Å². The first-order chi connectivity index (χ1) is 25.7. The summed E-state index contributed by atoms with van der Waals surface area (Å²) < 4.78 is 13.1. The summed E-state index contributed by atoms with van der Waals surface area (Å²) in [7, 11) is 0. The predicted molar refractivity (Wildman–Crippen MR) is 209 cm³/mol. The first kappa shape index (κ1) is 28.6. The van der Waals surface area contributed by atoms with Gasteiger partial charge >= 0.3 is 0 Å². The Balaban J connectivity index is 1.22. The van der Waals surface area contributed by atoms with Crippen LogP contribution in [0.15, 0.2) is 167 Å². The van der Waals surface area contributed by atoms with Crippen molar-refractivity contribution in [2.45, 2.75) is 0 Å². The van der Waals surface area contributed by atoms with Crippen LogP contribution in [0, 0.1) is 0 Å². The molecule has 11 rings (SSSR count). The van der Waals surface area contributed by atoms with Gasteiger partial charge in [0.1, 0.15) is 22.3 Å². The molecule has 11 aromatic rings. The predicted octanol–water partition coefficient (Wildman–Crippen LogP) is 12.0. The van der Waals surface area contributed by atoms with Crippen LogP contribution >= 0.6 is 0 Å². The van der Waals surface area contributed by atoms with Gasteiger partial charge in [0.25, 0.3) is 0 Å². The smallest absolute Gasteiger partial charge is 0.164 e. The Morgan fingerprint density at radius 1 is 0.385 bits per heavy atom. The van der Waals surface area contributed by atoms with Gasteiger partial charge < -0.3 is 8.83 Å². The quantitative estimate of drug-likeness (QED) is 0.186. The Hall–Kier alpha value is -7.18. The van der Waals surface area contributed by atoms with Gasteiger partial charge in [-0.1, -0.05) is 103 Å². The van der Waals surface area contributed by atoms with Gasteiger partial charge in [0.05, 0.1) is 5.52 Å². The maximum atomic E-state index is 6.82. The molecule has 4 aromatic heterocycles. The molecule has 6 nitrogen and oxygen atoms in total. The number of hydrogen-bond acceptors (Lipinski definition) is 6. The van der Waals surface area contributed by atoms with E-state index in [2.05, 4.69) is 83.8 Å². The fourth-order valence-corrected chi connectivity index (χ4v) is 7.51. The molecule has 0 aliphatic rings. The SMILES string of the molecule is c1ccc(-c2nc(-c3cccc4oc5ccccc5c34)nc(-c3ccc(-c4ccc5ccccc5c4)c4oc5cc6ncccc6cc5c34)n2)cc1. The maximum absolute atomic E-state index is 6.82. The molecule has 0 fully saturated rings. The highest BCUT2D eigenvalue weighted by Gasteiger charge is 2.23. The zero-order valence-electron chi connectivity index (χ0n) is 27.6. The number of furan rings is 2. The van der Waals surface area contributed by atoms with Crippen LogP contribution in [0.5, 0.6) is 0 Å². The Morgan fingerprint density at radius 2 is 1.12 bits per heavy atom. The summed E-state index contributed by atoms with van der Waals surface area (Å²) in [5.74, 6) is 1.70. The van der Waals surface area contributed by atoms with Crippen LogP contribution in [0.4, 0.5) is 0 Å². The van der Waals surface area contributed by atoms with Gasteiger partial charge in [0.15, 0.2) is 17.5 Å². The number of fused-ring (bicyclic) bond motifs is 8. The third kappa shape index (κ3) is 4.44. The first-order valence-corrected chi connectivity index (χ1v) is 17.2. The van der Waals surface area contributed by atoms with Gasteiger partial charge in [-0.3, -0.25) is 4.98 Å². The van der Waals surface area contributed by atoms with Crippen LogP contribution in [0.1, 0.15) is 0 Å². The van der Waals surface area contributed by atoms with E-state index in [0.717, 1.165) is 82.6 Å². The average molecular weight is 667 g/mol. The molecule has 0 saturated heterocycles. The molecule has 0 N–H and O–H groups in total. The monoisotopic (exact) mass is 666 g/mol. The van der Waals surface area contributed by atoms with Crippen LogP contribution in [-0.4, -0.2) is 19.9 Å². The van der Waals surface area contributed by atoms with Crippen molar-refractivity contribution >= 4 is 65.6 Å². The molecule has 0 saturated carbocycles. The third-order valence-electron chi connectivity index (χ3n) is 9.96. The molecule has 0 atom stereocenters. The average Bonchev–Trinajstić information content (AvgIpc) is 3.78. The Morgan fingerprint density at radius 3 is 2.02 bits per heavy atom. The second-order valence-electron chi connectivity index (χ2n) is 13.0. The molecule has 0 aliphatic carbocycles. The molecule has 242 valence electrons. The summed E-state index contributed by atoms with van der Waals surface area (Å²) in [6, 6.07) is 51.6. The standard InChI is InChI=1S/C46H26N4O2/c1-2-11-28(12-3-1)44-48-45(34-16-8-18-39-41(34)33-15-6-7-17-38(33)51-39)50-46(49-44)35-22-21-32(30-20-19-27-10-4-5-13-29(27)24-30)43-42(35)36-25-31-14-9-23-47-37(31)26-40(36)52-43/h1-26H. The molecule has 0 amide bonds. The summed E-state index contributed by atoms with van der Waals surface area (Å²) in [6.45, 7) is 0. The molecular formula is C46H26N4O2. The molecule has 0 aliphatic heterocycles. The summed E-state index contributed by atoms with van der Waals surface area (Å²) in [4.78, 5) is 20.2. The number of hydrogen-bond donors (Lipinski definition) is 0. The second kappa shape index (κ2) is 11.2. The van der Waals surface area contributed by atoms with E-state index in [4.69, 9.17) is 23.8 Å². The molecule has 0 unspecified atom stereocenters. The van der Waals surface area contributed by atoms with Gasteiger partial charge in [-0.15, -0.1) is 0 Å². The minimum absolute atomic E-state index is 0.553. The summed E-state index contributed by atoms with van der Waals surface area (Å²) in [6.07, 6.45) is 1.81. The van der Waals surface area contributed by atoms with Crippen molar-refractivity contribution in [1.82, 2.24) is 19.9 Å². The van der Waals surface area contributed by atoms with E-state index < -0.39 is 0 Å². The summed E-state index contributed by atoms with van der Waals surface area (Å²) in [5, 5.41) is 7.28. The Kier molecular flexibility index (Phi) is 6.15. The van der Waals surface area contributed by atoms with Crippen molar-refractivity contribution in [2.24, 2.45) is 0 Å². The number of pyridine rings is 1. The lowest BCUT2D eigenvalue weighted by atomic mass is 9.96. The van der Waals surface area contributed by atoms with Gasteiger partial charge in [-0.2, -0.15) is 0 Å². The zero-order chi connectivity index (χ0) is 34.2. The lowest BCUT2D eigenvalue weighted by Gasteiger charge is -2.11. The van der Waals surface area contributed by atoms with Crippen molar-refractivity contribution in [3.63, 3.8) is 0 Å². The van der Waals surface area contributed by atoms with E-state index in [-0.39, 0.29) is 0 Å². The van der Waals surface area contributed by atoms with E-state index in [9.17, 15) is 0 Å². The topological polar surface area (TPSA) is 77.8 Å². The second-order valence-corrected chi connectivity index (χ2v) is 13.0. The largest absolute Gasteiger partial charge is 0.456 e. The summed E-state index contributed by atoms with van der Waals surface area (Å²) in [5.41, 5.74) is 8.68. The van der Waals surface area contributed by atoms with Gasteiger partial charge in [0, 0.05) is 61.4 Å². The fourth-order valence-electron chi connectivity index (χ4n) is 7.51. The zero-order valence-corrected chi connectivity index (χ0v) is 27.6. The number of aromatic nitrogens is 4. The number of para-hydroxylation sites is 1. The highest BCUT2D eigenvalue weighted by Crippen LogP contribution is 2.43. The van der Waals surface area contributed by atoms with E-state index in [0.29, 0.717) is 17.5 Å². The van der Waals surface area contributed by atoms with Crippen molar-refractivity contribution in [2.75, 3.05) is 0 Å². The molecular weight excluding hydrogens is 641 g/mol. The van der Waals surface area contributed by atoms with Crippen molar-refractivity contribution in [1.29, 1.82) is 0 Å². The molecule has 0 spiro atoms. The van der Waals surface area contributed by atoms with Crippen molar-refractivity contribution < 1.29 is 8.83 Å². The normalized spacial score (nSPS) is 11.8. The molecule has 4 heterocycles. The Labute approximate surface area is 296 Å². The van der Waals surface area contributed by atoms with E-state index in [1.165, 1.54) is 10.8 Å². The first-order valence-electron chi connectivity index (χ1n) is 17.2. The van der Waals surface area contributed by atoms with Gasteiger partial charge in [0.2, 0.25) is 0 Å². The fraction of sp³-hybridized carbons (Fsp3) is 0. The lowest BCUT2D eigenvalue weighted by Crippen LogP contribution is -2.01. The lowest BCUT2D eigenvalue weighted by molar-refractivity contribution is 0.669. The number of benzene rings is 7.